The summed E-state index contributed by atoms with van der Waals surface area (Å²) in [4.78, 5) is 14.6. The number of hydrogen-bond acceptors (Lipinski definition) is 1. The number of para-hydroxylation sites is 1. The second-order valence-electron chi connectivity index (χ2n) is 6.43. The molecule has 2 aromatic rings. The molecule has 134 valence electrons. The number of unbranched alkanes of at least 4 members (excludes halogenated alkanes) is 4. The molecule has 2 amide bonds. The van der Waals surface area contributed by atoms with Crippen LogP contribution in [0.25, 0.3) is 0 Å². The van der Waals surface area contributed by atoms with Crippen LogP contribution >= 0.6 is 0 Å². The van der Waals surface area contributed by atoms with Crippen molar-refractivity contribution in [3.63, 3.8) is 0 Å². The van der Waals surface area contributed by atoms with Gasteiger partial charge in [-0.25, -0.2) is 4.79 Å². The predicted octanol–water partition coefficient (Wildman–Crippen LogP) is 5.73. The summed E-state index contributed by atoms with van der Waals surface area (Å²) < 4.78 is 0. The lowest BCUT2D eigenvalue weighted by atomic mass is 10.1. The summed E-state index contributed by atoms with van der Waals surface area (Å²) in [5.74, 6) is 0. The van der Waals surface area contributed by atoms with Gasteiger partial charge in [-0.05, 0) is 30.5 Å². The molecule has 3 nitrogen and oxygen atoms in total. The molecule has 0 unspecified atom stereocenters. The lowest BCUT2D eigenvalue weighted by Crippen LogP contribution is -2.37. The summed E-state index contributed by atoms with van der Waals surface area (Å²) in [5, 5.41) is 3.02. The number of anilines is 1. The average Bonchev–Trinajstić information content (AvgIpc) is 2.65. The average molecular weight is 338 g/mol. The lowest BCUT2D eigenvalue weighted by Gasteiger charge is -2.23. The van der Waals surface area contributed by atoms with Crippen LogP contribution in [0, 0.1) is 0 Å². The van der Waals surface area contributed by atoms with E-state index in [9.17, 15) is 4.79 Å². The van der Waals surface area contributed by atoms with Gasteiger partial charge in [0.15, 0.2) is 0 Å². The molecule has 2 aromatic carbocycles. The van der Waals surface area contributed by atoms with Gasteiger partial charge >= 0.3 is 6.03 Å². The van der Waals surface area contributed by atoms with E-state index in [1.54, 1.807) is 0 Å². The minimum atomic E-state index is -0.00220. The van der Waals surface area contributed by atoms with E-state index >= 15 is 0 Å². The first-order valence-corrected chi connectivity index (χ1v) is 9.44. The summed E-state index contributed by atoms with van der Waals surface area (Å²) >= 11 is 0. The SMILES string of the molecule is CCCCCCCN(CCc1ccccc1)C(=O)Nc1ccccc1. The van der Waals surface area contributed by atoms with E-state index in [2.05, 4.69) is 36.5 Å². The highest BCUT2D eigenvalue weighted by molar-refractivity contribution is 5.89. The molecule has 0 aliphatic heterocycles. The van der Waals surface area contributed by atoms with Crippen LogP contribution in [-0.4, -0.2) is 24.0 Å². The van der Waals surface area contributed by atoms with Crippen molar-refractivity contribution in [2.24, 2.45) is 0 Å². The van der Waals surface area contributed by atoms with Crippen molar-refractivity contribution >= 4 is 11.7 Å². The van der Waals surface area contributed by atoms with Gasteiger partial charge in [0, 0.05) is 18.8 Å². The van der Waals surface area contributed by atoms with E-state index in [1.807, 2.05) is 41.3 Å². The van der Waals surface area contributed by atoms with Crippen molar-refractivity contribution in [2.45, 2.75) is 45.4 Å². The second-order valence-corrected chi connectivity index (χ2v) is 6.43. The molecule has 0 aliphatic rings. The van der Waals surface area contributed by atoms with Gasteiger partial charge in [-0.15, -0.1) is 0 Å². The van der Waals surface area contributed by atoms with E-state index in [0.717, 1.165) is 31.6 Å². The van der Waals surface area contributed by atoms with Crippen LogP contribution in [0.1, 0.15) is 44.6 Å². The van der Waals surface area contributed by atoms with Crippen LogP contribution in [0.2, 0.25) is 0 Å². The molecule has 0 saturated carbocycles. The highest BCUT2D eigenvalue weighted by atomic mass is 16.2. The van der Waals surface area contributed by atoms with Gasteiger partial charge < -0.3 is 10.2 Å². The van der Waals surface area contributed by atoms with E-state index < -0.39 is 0 Å². The molecule has 0 atom stereocenters. The van der Waals surface area contributed by atoms with E-state index in [1.165, 1.54) is 31.2 Å². The molecule has 2 rings (SSSR count). The number of rotatable bonds is 10. The minimum Gasteiger partial charge on any atom is -0.324 e. The van der Waals surface area contributed by atoms with Crippen LogP contribution in [0.3, 0.4) is 0 Å². The molecule has 0 aromatic heterocycles. The number of urea groups is 1. The Labute approximate surface area is 152 Å². The number of carbonyl (C=O) groups excluding carboxylic acids is 1. The van der Waals surface area contributed by atoms with Gasteiger partial charge in [-0.2, -0.15) is 0 Å². The van der Waals surface area contributed by atoms with Gasteiger partial charge in [-0.1, -0.05) is 81.1 Å². The number of nitrogens with one attached hydrogen (secondary N) is 1. The van der Waals surface area contributed by atoms with Crippen LogP contribution in [0.4, 0.5) is 10.5 Å². The number of benzene rings is 2. The summed E-state index contributed by atoms with van der Waals surface area (Å²) in [6.07, 6.45) is 6.92. The van der Waals surface area contributed by atoms with Gasteiger partial charge in [0.25, 0.3) is 0 Å². The normalized spacial score (nSPS) is 10.4. The summed E-state index contributed by atoms with van der Waals surface area (Å²) in [6, 6.07) is 20.0. The van der Waals surface area contributed by atoms with Gasteiger partial charge in [0.1, 0.15) is 0 Å². The Morgan fingerprint density at radius 3 is 2.16 bits per heavy atom. The van der Waals surface area contributed by atoms with Crippen LogP contribution < -0.4 is 5.32 Å². The highest BCUT2D eigenvalue weighted by Crippen LogP contribution is 2.10. The first-order chi connectivity index (χ1) is 12.3. The fraction of sp³-hybridized carbons (Fsp3) is 0.409. The maximum absolute atomic E-state index is 12.7. The molecule has 3 heteroatoms. The number of amides is 2. The summed E-state index contributed by atoms with van der Waals surface area (Å²) in [5.41, 5.74) is 2.12. The molecule has 25 heavy (non-hydrogen) atoms. The first-order valence-electron chi connectivity index (χ1n) is 9.44. The topological polar surface area (TPSA) is 32.3 Å². The maximum atomic E-state index is 12.7. The molecule has 0 aliphatic carbocycles. The van der Waals surface area contributed by atoms with Crippen molar-refractivity contribution < 1.29 is 4.79 Å². The third kappa shape index (κ3) is 7.42. The monoisotopic (exact) mass is 338 g/mol. The molecule has 0 radical (unpaired) electrons. The lowest BCUT2D eigenvalue weighted by molar-refractivity contribution is 0.211. The van der Waals surface area contributed by atoms with Crippen molar-refractivity contribution in [1.82, 2.24) is 4.90 Å². The van der Waals surface area contributed by atoms with Gasteiger partial charge in [0.2, 0.25) is 0 Å². The quantitative estimate of drug-likeness (QED) is 0.551. The van der Waals surface area contributed by atoms with E-state index in [-0.39, 0.29) is 6.03 Å². The molecule has 0 fully saturated rings. The predicted molar refractivity (Wildman–Crippen MR) is 106 cm³/mol. The first kappa shape index (κ1) is 19.0. The Kier molecular flexibility index (Phi) is 8.60. The number of carbonyl (C=O) groups is 1. The smallest absolute Gasteiger partial charge is 0.321 e. The summed E-state index contributed by atoms with van der Waals surface area (Å²) in [7, 11) is 0. The Morgan fingerprint density at radius 1 is 0.840 bits per heavy atom. The third-order valence-electron chi connectivity index (χ3n) is 4.36. The molecule has 0 saturated heterocycles. The fourth-order valence-corrected chi connectivity index (χ4v) is 2.85. The third-order valence-corrected chi connectivity index (χ3v) is 4.36. The molecule has 0 heterocycles. The molecule has 0 spiro atoms. The highest BCUT2D eigenvalue weighted by Gasteiger charge is 2.13. The van der Waals surface area contributed by atoms with Crippen molar-refractivity contribution in [3.8, 4) is 0 Å². The second kappa shape index (κ2) is 11.3. The Morgan fingerprint density at radius 2 is 1.48 bits per heavy atom. The van der Waals surface area contributed by atoms with E-state index in [0.29, 0.717) is 0 Å². The summed E-state index contributed by atoms with van der Waals surface area (Å²) in [6.45, 7) is 3.78. The molecular formula is C22H30N2O. The zero-order valence-electron chi connectivity index (χ0n) is 15.3. The van der Waals surface area contributed by atoms with Crippen molar-refractivity contribution in [3.05, 3.63) is 66.2 Å². The zero-order valence-corrected chi connectivity index (χ0v) is 15.3. The van der Waals surface area contributed by atoms with Crippen LogP contribution in [-0.2, 0) is 6.42 Å². The Hall–Kier alpha value is -2.29. The van der Waals surface area contributed by atoms with Crippen molar-refractivity contribution in [2.75, 3.05) is 18.4 Å². The number of nitrogens with zero attached hydrogens (tertiary/aromatic N) is 1. The van der Waals surface area contributed by atoms with Gasteiger partial charge in [-0.3, -0.25) is 0 Å². The van der Waals surface area contributed by atoms with Crippen LogP contribution in [0.15, 0.2) is 60.7 Å². The standard InChI is InChI=1S/C22H30N2O/c1-2-3-4-5-12-18-24(19-17-20-13-8-6-9-14-20)22(25)23-21-15-10-7-11-16-21/h6-11,13-16H,2-5,12,17-19H2,1H3,(H,23,25). The van der Waals surface area contributed by atoms with Crippen molar-refractivity contribution in [1.29, 1.82) is 0 Å². The molecule has 1 N–H and O–H groups in total. The number of hydrogen-bond donors (Lipinski definition) is 1. The largest absolute Gasteiger partial charge is 0.324 e. The molecular weight excluding hydrogens is 308 g/mol. The molecule has 0 bridgehead atoms. The van der Waals surface area contributed by atoms with Gasteiger partial charge in [0.05, 0.1) is 0 Å². The van der Waals surface area contributed by atoms with Crippen LogP contribution in [0.5, 0.6) is 0 Å². The fourth-order valence-electron chi connectivity index (χ4n) is 2.85. The minimum absolute atomic E-state index is 0.00220. The Balaban J connectivity index is 1.89. The maximum Gasteiger partial charge on any atom is 0.321 e. The Bertz CT molecular complexity index is 598. The zero-order chi connectivity index (χ0) is 17.7. The van der Waals surface area contributed by atoms with E-state index in [4.69, 9.17) is 0 Å².